The van der Waals surface area contributed by atoms with Gasteiger partial charge in [0, 0.05) is 24.2 Å². The highest BCUT2D eigenvalue weighted by Crippen LogP contribution is 2.38. The minimum Gasteiger partial charge on any atom is -0.316 e. The zero-order valence-corrected chi connectivity index (χ0v) is 19.8. The van der Waals surface area contributed by atoms with E-state index in [4.69, 9.17) is 17.2 Å². The third-order valence-electron chi connectivity index (χ3n) is 6.27. The maximum atomic E-state index is 13.1. The number of nitrogens with one attached hydrogen (secondary N) is 2. The number of rotatable bonds is 3. The number of fused-ring (bicyclic) bond motifs is 2. The zero-order chi connectivity index (χ0) is 23.1. The van der Waals surface area contributed by atoms with Crippen LogP contribution in [0.2, 0.25) is 0 Å². The standard InChI is InChI=1S/C27H26N4OS/c1-4-31-14-20(13-18-9-5-16(2)6-10-18)24-21(15-31)22(19-11-7-17(3)8-12-19)23-25(28-24)29-27(33)30-26(23)32/h5-13H,4,14-15H2,1-3H3,(H2,28,29,30,32,33)/b20-13+. The molecule has 1 aliphatic heterocycles. The molecule has 0 saturated heterocycles. The van der Waals surface area contributed by atoms with E-state index in [1.165, 1.54) is 11.1 Å². The molecule has 5 rings (SSSR count). The molecule has 0 spiro atoms. The van der Waals surface area contributed by atoms with E-state index >= 15 is 0 Å². The van der Waals surface area contributed by atoms with Crippen molar-refractivity contribution in [3.63, 3.8) is 0 Å². The highest BCUT2D eigenvalue weighted by atomic mass is 32.1. The number of benzene rings is 2. The molecule has 0 bridgehead atoms. The number of aromatic amines is 2. The second-order valence-corrected chi connectivity index (χ2v) is 9.10. The van der Waals surface area contributed by atoms with E-state index in [2.05, 4.69) is 90.2 Å². The minimum absolute atomic E-state index is 0.211. The first-order valence-corrected chi connectivity index (χ1v) is 11.6. The van der Waals surface area contributed by atoms with Crippen LogP contribution in [0.15, 0.2) is 53.3 Å². The van der Waals surface area contributed by atoms with E-state index in [1.54, 1.807) is 0 Å². The van der Waals surface area contributed by atoms with Crippen LogP contribution < -0.4 is 5.56 Å². The third-order valence-corrected chi connectivity index (χ3v) is 6.47. The molecule has 3 heterocycles. The van der Waals surface area contributed by atoms with Crippen LogP contribution in [0.1, 0.15) is 34.9 Å². The Labute approximate surface area is 197 Å². The van der Waals surface area contributed by atoms with Crippen molar-refractivity contribution >= 4 is 34.9 Å². The van der Waals surface area contributed by atoms with Crippen LogP contribution in [0.5, 0.6) is 0 Å². The van der Waals surface area contributed by atoms with Crippen molar-refractivity contribution in [2.75, 3.05) is 13.1 Å². The average Bonchev–Trinajstić information content (AvgIpc) is 2.80. The van der Waals surface area contributed by atoms with Gasteiger partial charge in [-0.2, -0.15) is 0 Å². The Balaban J connectivity index is 1.85. The first-order chi connectivity index (χ1) is 15.9. The van der Waals surface area contributed by atoms with Crippen LogP contribution in [-0.2, 0) is 6.54 Å². The van der Waals surface area contributed by atoms with Crippen molar-refractivity contribution in [3.05, 3.63) is 91.6 Å². The van der Waals surface area contributed by atoms with Crippen molar-refractivity contribution in [2.24, 2.45) is 0 Å². The molecule has 166 valence electrons. The Morgan fingerprint density at radius 1 is 1.00 bits per heavy atom. The monoisotopic (exact) mass is 454 g/mol. The average molecular weight is 455 g/mol. The molecule has 0 radical (unpaired) electrons. The van der Waals surface area contributed by atoms with Gasteiger partial charge in [-0.05, 0) is 55.4 Å². The molecule has 2 aromatic carbocycles. The van der Waals surface area contributed by atoms with Crippen molar-refractivity contribution in [3.8, 4) is 11.1 Å². The van der Waals surface area contributed by atoms with Gasteiger partial charge in [-0.1, -0.05) is 66.6 Å². The van der Waals surface area contributed by atoms with Crippen molar-refractivity contribution in [1.29, 1.82) is 0 Å². The first kappa shape index (κ1) is 21.5. The van der Waals surface area contributed by atoms with Crippen molar-refractivity contribution < 1.29 is 0 Å². The lowest BCUT2D eigenvalue weighted by atomic mass is 9.89. The third kappa shape index (κ3) is 4.08. The van der Waals surface area contributed by atoms with Crippen LogP contribution in [0.25, 0.3) is 33.8 Å². The number of hydrogen-bond donors (Lipinski definition) is 2. The van der Waals surface area contributed by atoms with Gasteiger partial charge in [-0.3, -0.25) is 14.7 Å². The molecule has 2 N–H and O–H groups in total. The molecule has 1 aliphatic rings. The number of nitrogens with zero attached hydrogens (tertiary/aromatic N) is 2. The van der Waals surface area contributed by atoms with Crippen LogP contribution in [0, 0.1) is 18.6 Å². The number of aryl methyl sites for hydroxylation is 2. The van der Waals surface area contributed by atoms with Crippen LogP contribution in [0.3, 0.4) is 0 Å². The van der Waals surface area contributed by atoms with Gasteiger partial charge in [0.15, 0.2) is 4.77 Å². The molecule has 0 amide bonds. The number of H-pyrrole nitrogens is 2. The van der Waals surface area contributed by atoms with Crippen molar-refractivity contribution in [2.45, 2.75) is 27.3 Å². The summed E-state index contributed by atoms with van der Waals surface area (Å²) in [5.74, 6) is 0. The molecule has 33 heavy (non-hydrogen) atoms. The fraction of sp³-hybridized carbons (Fsp3) is 0.222. The fourth-order valence-electron chi connectivity index (χ4n) is 4.49. The van der Waals surface area contributed by atoms with Gasteiger partial charge in [0.1, 0.15) is 5.65 Å². The lowest BCUT2D eigenvalue weighted by molar-refractivity contribution is 0.307. The SMILES string of the molecule is CCN1C/C(=C\c2ccc(C)cc2)c2nc3[nH]c(=S)[nH]c(=O)c3c(-c3ccc(C)cc3)c2C1. The van der Waals surface area contributed by atoms with E-state index < -0.39 is 0 Å². The van der Waals surface area contributed by atoms with Crippen LogP contribution >= 0.6 is 12.2 Å². The summed E-state index contributed by atoms with van der Waals surface area (Å²) < 4.78 is 0.282. The maximum absolute atomic E-state index is 13.1. The molecule has 0 atom stereocenters. The van der Waals surface area contributed by atoms with Gasteiger partial charge < -0.3 is 4.98 Å². The van der Waals surface area contributed by atoms with Crippen molar-refractivity contribution in [1.82, 2.24) is 19.9 Å². The molecule has 5 nitrogen and oxygen atoms in total. The minimum atomic E-state index is -0.211. The number of hydrogen-bond acceptors (Lipinski definition) is 4. The Hall–Kier alpha value is -3.35. The molecule has 0 fully saturated rings. The van der Waals surface area contributed by atoms with Crippen LogP contribution in [0.4, 0.5) is 0 Å². The van der Waals surface area contributed by atoms with Gasteiger partial charge in [-0.25, -0.2) is 4.98 Å². The van der Waals surface area contributed by atoms with E-state index in [-0.39, 0.29) is 10.3 Å². The predicted octanol–water partition coefficient (Wildman–Crippen LogP) is 5.64. The second kappa shape index (κ2) is 8.54. The van der Waals surface area contributed by atoms with Gasteiger partial charge >= 0.3 is 0 Å². The summed E-state index contributed by atoms with van der Waals surface area (Å²) in [4.78, 5) is 26.3. The molecular weight excluding hydrogens is 428 g/mol. The smallest absolute Gasteiger partial charge is 0.261 e. The summed E-state index contributed by atoms with van der Waals surface area (Å²) in [6.45, 7) is 8.76. The molecule has 0 aliphatic carbocycles. The quantitative estimate of drug-likeness (QED) is 0.393. The van der Waals surface area contributed by atoms with Gasteiger partial charge in [0.25, 0.3) is 5.56 Å². The number of pyridine rings is 1. The lowest BCUT2D eigenvalue weighted by Crippen LogP contribution is -2.31. The second-order valence-electron chi connectivity index (χ2n) is 8.70. The summed E-state index contributed by atoms with van der Waals surface area (Å²) >= 11 is 5.27. The Bertz CT molecular complexity index is 1500. The Morgan fingerprint density at radius 3 is 2.33 bits per heavy atom. The lowest BCUT2D eigenvalue weighted by Gasteiger charge is -2.31. The summed E-state index contributed by atoms with van der Waals surface area (Å²) in [6.07, 6.45) is 2.21. The molecular formula is C27H26N4OS. The largest absolute Gasteiger partial charge is 0.316 e. The highest BCUT2D eigenvalue weighted by molar-refractivity contribution is 7.71. The highest BCUT2D eigenvalue weighted by Gasteiger charge is 2.27. The molecule has 0 unspecified atom stereocenters. The van der Waals surface area contributed by atoms with E-state index in [0.717, 1.165) is 53.2 Å². The Kier molecular flexibility index (Phi) is 5.56. The maximum Gasteiger partial charge on any atom is 0.261 e. The topological polar surface area (TPSA) is 64.8 Å². The zero-order valence-electron chi connectivity index (χ0n) is 19.0. The van der Waals surface area contributed by atoms with Gasteiger partial charge in [0.2, 0.25) is 0 Å². The van der Waals surface area contributed by atoms with Gasteiger partial charge in [-0.15, -0.1) is 0 Å². The number of likely N-dealkylation sites (N-methyl/N-ethyl adjacent to an activating group) is 1. The van der Waals surface area contributed by atoms with Crippen LogP contribution in [-0.4, -0.2) is 32.9 Å². The van der Waals surface area contributed by atoms with Gasteiger partial charge in [0.05, 0.1) is 11.1 Å². The summed E-state index contributed by atoms with van der Waals surface area (Å²) in [5.41, 5.74) is 8.93. The molecule has 0 saturated carbocycles. The summed E-state index contributed by atoms with van der Waals surface area (Å²) in [7, 11) is 0. The summed E-state index contributed by atoms with van der Waals surface area (Å²) in [5, 5.41) is 0.554. The predicted molar refractivity (Wildman–Crippen MR) is 138 cm³/mol. The number of aromatic nitrogens is 3. The summed E-state index contributed by atoms with van der Waals surface area (Å²) in [6, 6.07) is 16.8. The first-order valence-electron chi connectivity index (χ1n) is 11.2. The molecule has 2 aromatic heterocycles. The van der Waals surface area contributed by atoms with E-state index in [9.17, 15) is 4.79 Å². The van der Waals surface area contributed by atoms with E-state index in [0.29, 0.717) is 11.0 Å². The molecule has 4 aromatic rings. The molecule has 6 heteroatoms. The Morgan fingerprint density at radius 2 is 1.67 bits per heavy atom. The van der Waals surface area contributed by atoms with E-state index in [1.807, 2.05) is 0 Å². The normalized spacial score (nSPS) is 15.2. The fourth-order valence-corrected chi connectivity index (χ4v) is 4.68.